The lowest BCUT2D eigenvalue weighted by Crippen LogP contribution is -2.49. The molecule has 3 aromatic rings. The highest BCUT2D eigenvalue weighted by atomic mass is 16.6. The lowest BCUT2D eigenvalue weighted by Gasteiger charge is -2.34. The van der Waals surface area contributed by atoms with Gasteiger partial charge in [0.15, 0.2) is 11.2 Å². The standard InChI is InChI=1S/C30H40N8O4/c1-9-12-16-37-24-25(34-27(37)36-15-13-14-20(17-36)32-28(40)42-30(5,6)7)35(8)29(41)38(26(24)39)18-23-31-19(4)21(10-2)22(11-3)33-23/h10-11,20H,13-18H2,1-8H3,(H,32,40)/b21-10-,22-11+/t20-/m1/s1. The van der Waals surface area contributed by atoms with Gasteiger partial charge in [-0.25, -0.2) is 19.6 Å². The summed E-state index contributed by atoms with van der Waals surface area (Å²) in [7, 11) is 1.60. The third kappa shape index (κ3) is 6.25. The molecule has 12 heteroatoms. The molecule has 1 saturated heterocycles. The van der Waals surface area contributed by atoms with Crippen molar-refractivity contribution in [1.82, 2.24) is 34.0 Å². The quantitative estimate of drug-likeness (QED) is 0.448. The van der Waals surface area contributed by atoms with Crippen LogP contribution >= 0.6 is 0 Å². The number of nitrogens with zero attached hydrogens (tertiary/aromatic N) is 7. The molecule has 1 aliphatic heterocycles. The molecule has 12 nitrogen and oxygen atoms in total. The molecule has 4 rings (SSSR count). The molecule has 0 saturated carbocycles. The number of ether oxygens (including phenoxy) is 1. The van der Waals surface area contributed by atoms with Crippen LogP contribution in [0.1, 0.15) is 65.9 Å². The first-order valence-corrected chi connectivity index (χ1v) is 14.2. The molecule has 0 unspecified atom stereocenters. The van der Waals surface area contributed by atoms with E-state index in [0.717, 1.165) is 33.7 Å². The summed E-state index contributed by atoms with van der Waals surface area (Å²) in [5, 5.41) is 4.62. The normalized spacial score (nSPS) is 16.5. The molecular formula is C30H40N8O4. The van der Waals surface area contributed by atoms with Crippen LogP contribution in [0.3, 0.4) is 0 Å². The fourth-order valence-corrected chi connectivity index (χ4v) is 5.25. The zero-order chi connectivity index (χ0) is 30.8. The van der Waals surface area contributed by atoms with E-state index in [1.165, 1.54) is 4.57 Å². The number of amides is 1. The Kier molecular flexibility index (Phi) is 8.89. The molecule has 0 spiro atoms. The first kappa shape index (κ1) is 30.6. The number of carbonyl (C=O) groups excluding carboxylic acids is 1. The number of piperidine rings is 1. The average molecular weight is 577 g/mol. The smallest absolute Gasteiger partial charge is 0.407 e. The number of nitrogens with one attached hydrogen (secondary N) is 1. The molecule has 1 atom stereocenters. The van der Waals surface area contributed by atoms with Crippen molar-refractivity contribution in [2.45, 2.75) is 86.0 Å². The van der Waals surface area contributed by atoms with Gasteiger partial charge in [-0.15, -0.1) is 5.92 Å². The summed E-state index contributed by atoms with van der Waals surface area (Å²) in [6.45, 7) is 14.1. The summed E-state index contributed by atoms with van der Waals surface area (Å²) in [5.41, 5.74) is -0.289. The Hall–Kier alpha value is -4.40. The fourth-order valence-electron chi connectivity index (χ4n) is 5.25. The number of imidazole rings is 1. The Morgan fingerprint density at radius 1 is 1.14 bits per heavy atom. The summed E-state index contributed by atoms with van der Waals surface area (Å²) in [6, 6.07) is -0.173. The molecule has 0 aromatic carbocycles. The molecule has 1 aliphatic rings. The van der Waals surface area contributed by atoms with Crippen LogP contribution in [0.25, 0.3) is 23.3 Å². The van der Waals surface area contributed by atoms with Crippen molar-refractivity contribution in [3.63, 3.8) is 0 Å². The number of alkyl carbamates (subject to hydrolysis) is 1. The highest BCUT2D eigenvalue weighted by molar-refractivity contribution is 5.75. The summed E-state index contributed by atoms with van der Waals surface area (Å²) < 4.78 is 9.73. The minimum Gasteiger partial charge on any atom is -0.444 e. The largest absolute Gasteiger partial charge is 0.444 e. The second-order valence-electron chi connectivity index (χ2n) is 11.4. The van der Waals surface area contributed by atoms with E-state index in [2.05, 4.69) is 27.1 Å². The van der Waals surface area contributed by atoms with Gasteiger partial charge in [0, 0.05) is 37.1 Å². The van der Waals surface area contributed by atoms with Crippen molar-refractivity contribution >= 4 is 35.4 Å². The van der Waals surface area contributed by atoms with Crippen molar-refractivity contribution in [1.29, 1.82) is 0 Å². The van der Waals surface area contributed by atoms with E-state index in [1.807, 2.05) is 58.6 Å². The number of carbonyl (C=O) groups is 1. The maximum absolute atomic E-state index is 14.0. The first-order chi connectivity index (χ1) is 19.9. The Bertz CT molecular complexity index is 1810. The van der Waals surface area contributed by atoms with E-state index >= 15 is 0 Å². The predicted molar refractivity (Wildman–Crippen MR) is 163 cm³/mol. The molecule has 0 radical (unpaired) electrons. The monoisotopic (exact) mass is 576 g/mol. The number of aryl methyl sites for hydroxylation is 2. The van der Waals surface area contributed by atoms with Crippen LogP contribution < -0.4 is 32.0 Å². The maximum Gasteiger partial charge on any atom is 0.407 e. The molecule has 1 N–H and O–H groups in total. The van der Waals surface area contributed by atoms with Crippen LogP contribution in [0.15, 0.2) is 9.59 Å². The Morgan fingerprint density at radius 3 is 2.52 bits per heavy atom. The molecule has 3 aromatic heterocycles. The van der Waals surface area contributed by atoms with Gasteiger partial charge >= 0.3 is 11.8 Å². The van der Waals surface area contributed by atoms with E-state index < -0.39 is 22.9 Å². The van der Waals surface area contributed by atoms with Gasteiger partial charge < -0.3 is 15.0 Å². The topological polar surface area (TPSA) is 129 Å². The second-order valence-corrected chi connectivity index (χ2v) is 11.4. The first-order valence-electron chi connectivity index (χ1n) is 14.2. The number of rotatable bonds is 5. The lowest BCUT2D eigenvalue weighted by molar-refractivity contribution is 0.0499. The van der Waals surface area contributed by atoms with Crippen molar-refractivity contribution in [3.05, 3.63) is 42.9 Å². The van der Waals surface area contributed by atoms with Gasteiger partial charge in [0.1, 0.15) is 11.4 Å². The number of anilines is 1. The SMILES string of the molecule is CC#CCn1c(N2CCC[C@@H](NC(=O)OC(C)(C)C)C2)nc2c1c(=O)n(Cc1nc(C)c(=C/C)/c(=C\C)n1)c(=O)n2C. The highest BCUT2D eigenvalue weighted by Gasteiger charge is 2.29. The van der Waals surface area contributed by atoms with Crippen LogP contribution in [0.2, 0.25) is 0 Å². The van der Waals surface area contributed by atoms with Gasteiger partial charge in [-0.05, 0) is 61.3 Å². The van der Waals surface area contributed by atoms with Gasteiger partial charge in [0.2, 0.25) is 5.95 Å². The molecule has 0 bridgehead atoms. The predicted octanol–water partition coefficient (Wildman–Crippen LogP) is 1.16. The third-order valence-corrected chi connectivity index (χ3v) is 7.13. The van der Waals surface area contributed by atoms with Crippen LogP contribution in [0.5, 0.6) is 0 Å². The number of hydrogen-bond acceptors (Lipinski definition) is 8. The zero-order valence-corrected chi connectivity index (χ0v) is 25.7. The van der Waals surface area contributed by atoms with E-state index in [4.69, 9.17) is 9.72 Å². The number of hydrogen-bond donors (Lipinski definition) is 1. The van der Waals surface area contributed by atoms with Crippen LogP contribution in [-0.2, 0) is 24.9 Å². The summed E-state index contributed by atoms with van der Waals surface area (Å²) in [6.07, 6.45) is 4.92. The van der Waals surface area contributed by atoms with E-state index in [1.54, 1.807) is 18.5 Å². The Balaban J connectivity index is 1.79. The van der Waals surface area contributed by atoms with Crippen LogP contribution in [0.4, 0.5) is 10.7 Å². The van der Waals surface area contributed by atoms with Crippen molar-refractivity contribution in [3.8, 4) is 11.8 Å². The molecule has 0 aliphatic carbocycles. The number of aromatic nitrogens is 6. The van der Waals surface area contributed by atoms with Gasteiger partial charge in [0.25, 0.3) is 5.56 Å². The van der Waals surface area contributed by atoms with Crippen molar-refractivity contribution < 1.29 is 9.53 Å². The average Bonchev–Trinajstić information content (AvgIpc) is 3.31. The Labute approximate surface area is 244 Å². The maximum atomic E-state index is 14.0. The Morgan fingerprint density at radius 2 is 1.88 bits per heavy atom. The molecule has 42 heavy (non-hydrogen) atoms. The van der Waals surface area contributed by atoms with Crippen molar-refractivity contribution in [2.24, 2.45) is 7.05 Å². The molecule has 1 fully saturated rings. The minimum atomic E-state index is -0.605. The third-order valence-electron chi connectivity index (χ3n) is 7.13. The zero-order valence-electron chi connectivity index (χ0n) is 25.7. The number of fused-ring (bicyclic) bond motifs is 1. The minimum absolute atomic E-state index is 0.0846. The van der Waals surface area contributed by atoms with E-state index in [9.17, 15) is 14.4 Å². The highest BCUT2D eigenvalue weighted by Crippen LogP contribution is 2.23. The van der Waals surface area contributed by atoms with E-state index in [-0.39, 0.29) is 30.3 Å². The molecule has 1 amide bonds. The summed E-state index contributed by atoms with van der Waals surface area (Å²) in [5.74, 6) is 6.83. The van der Waals surface area contributed by atoms with Crippen LogP contribution in [-0.4, -0.2) is 59.5 Å². The van der Waals surface area contributed by atoms with Gasteiger partial charge in [0.05, 0.1) is 18.4 Å². The van der Waals surface area contributed by atoms with Gasteiger partial charge in [-0.3, -0.25) is 18.5 Å². The van der Waals surface area contributed by atoms with Gasteiger partial charge in [-0.2, -0.15) is 4.98 Å². The summed E-state index contributed by atoms with van der Waals surface area (Å²) in [4.78, 5) is 55.9. The van der Waals surface area contributed by atoms with Gasteiger partial charge in [-0.1, -0.05) is 18.1 Å². The molecular weight excluding hydrogens is 536 g/mol. The second kappa shape index (κ2) is 12.2. The lowest BCUT2D eigenvalue weighted by atomic mass is 10.1. The fraction of sp³-hybridized carbons (Fsp3) is 0.533. The van der Waals surface area contributed by atoms with Crippen LogP contribution in [0, 0.1) is 18.8 Å². The van der Waals surface area contributed by atoms with E-state index in [0.29, 0.717) is 24.9 Å². The summed E-state index contributed by atoms with van der Waals surface area (Å²) >= 11 is 0. The molecule has 4 heterocycles. The molecule has 224 valence electrons. The van der Waals surface area contributed by atoms with Crippen molar-refractivity contribution in [2.75, 3.05) is 18.0 Å².